The molecule has 0 unspecified atom stereocenters. The predicted molar refractivity (Wildman–Crippen MR) is 70.6 cm³/mol. The van der Waals surface area contributed by atoms with E-state index in [2.05, 4.69) is 21.7 Å². The molecule has 0 atom stereocenters. The first-order valence-corrected chi connectivity index (χ1v) is 6.29. The summed E-state index contributed by atoms with van der Waals surface area (Å²) < 4.78 is 0. The topological polar surface area (TPSA) is 70.4 Å². The van der Waals surface area contributed by atoms with Gasteiger partial charge in [-0.05, 0) is 11.1 Å². The summed E-state index contributed by atoms with van der Waals surface area (Å²) in [6.45, 7) is 5.07. The Labute approximate surface area is 107 Å². The maximum atomic E-state index is 11.4. The molecular formula is C13H20N4O. The number of hydrogen-bond acceptors (Lipinski definition) is 4. The molecular weight excluding hydrogens is 228 g/mol. The third-order valence-electron chi connectivity index (χ3n) is 3.23. The van der Waals surface area contributed by atoms with Crippen molar-refractivity contribution in [2.45, 2.75) is 13.0 Å². The summed E-state index contributed by atoms with van der Waals surface area (Å²) in [6.07, 6.45) is 0.346. The molecule has 1 amide bonds. The van der Waals surface area contributed by atoms with Crippen LogP contribution in [0.15, 0.2) is 24.3 Å². The molecule has 0 aliphatic carbocycles. The number of rotatable bonds is 4. The molecule has 1 heterocycles. The van der Waals surface area contributed by atoms with Crippen LogP contribution in [0.1, 0.15) is 11.1 Å². The van der Waals surface area contributed by atoms with Gasteiger partial charge in [-0.1, -0.05) is 24.3 Å². The van der Waals surface area contributed by atoms with Crippen molar-refractivity contribution in [3.8, 4) is 0 Å². The van der Waals surface area contributed by atoms with Gasteiger partial charge in [-0.3, -0.25) is 15.1 Å². The van der Waals surface area contributed by atoms with Crippen molar-refractivity contribution in [1.29, 1.82) is 0 Å². The molecule has 98 valence electrons. The van der Waals surface area contributed by atoms with Gasteiger partial charge in [0.1, 0.15) is 0 Å². The molecule has 5 heteroatoms. The van der Waals surface area contributed by atoms with Crippen LogP contribution in [0.5, 0.6) is 0 Å². The second-order valence-corrected chi connectivity index (χ2v) is 4.54. The van der Waals surface area contributed by atoms with E-state index in [9.17, 15) is 4.79 Å². The van der Waals surface area contributed by atoms with Crippen LogP contribution in [0.2, 0.25) is 0 Å². The highest BCUT2D eigenvalue weighted by Gasteiger charge is 2.13. The van der Waals surface area contributed by atoms with Crippen molar-refractivity contribution >= 4 is 5.91 Å². The van der Waals surface area contributed by atoms with Crippen molar-refractivity contribution in [3.63, 3.8) is 0 Å². The number of nitrogens with two attached hydrogens (primary N) is 1. The SMILES string of the molecule is NNC(=O)Cc1ccccc1CN1CCNCC1. The molecule has 1 aromatic carbocycles. The third-order valence-corrected chi connectivity index (χ3v) is 3.23. The maximum absolute atomic E-state index is 11.4. The van der Waals surface area contributed by atoms with E-state index in [-0.39, 0.29) is 5.91 Å². The molecule has 1 aliphatic heterocycles. The van der Waals surface area contributed by atoms with E-state index in [0.29, 0.717) is 6.42 Å². The molecule has 4 N–H and O–H groups in total. The van der Waals surface area contributed by atoms with E-state index in [1.165, 1.54) is 5.56 Å². The zero-order valence-electron chi connectivity index (χ0n) is 10.5. The lowest BCUT2D eigenvalue weighted by molar-refractivity contribution is -0.120. The summed E-state index contributed by atoms with van der Waals surface area (Å²) in [7, 11) is 0. The summed E-state index contributed by atoms with van der Waals surface area (Å²) in [5.74, 6) is 4.99. The number of carbonyl (C=O) groups is 1. The number of nitrogens with one attached hydrogen (secondary N) is 2. The molecule has 0 spiro atoms. The quantitative estimate of drug-likeness (QED) is 0.386. The largest absolute Gasteiger partial charge is 0.314 e. The molecule has 1 aromatic rings. The summed E-state index contributed by atoms with van der Waals surface area (Å²) in [4.78, 5) is 13.8. The van der Waals surface area contributed by atoms with Gasteiger partial charge < -0.3 is 5.32 Å². The van der Waals surface area contributed by atoms with Crippen molar-refractivity contribution in [2.24, 2.45) is 5.84 Å². The minimum atomic E-state index is -0.150. The van der Waals surface area contributed by atoms with Crippen LogP contribution in [0.3, 0.4) is 0 Å². The molecule has 0 radical (unpaired) electrons. The highest BCUT2D eigenvalue weighted by atomic mass is 16.2. The van der Waals surface area contributed by atoms with Gasteiger partial charge in [0.15, 0.2) is 0 Å². The van der Waals surface area contributed by atoms with Gasteiger partial charge in [0.2, 0.25) is 5.91 Å². The lowest BCUT2D eigenvalue weighted by atomic mass is 10.0. The number of amides is 1. The molecule has 1 fully saturated rings. The van der Waals surface area contributed by atoms with Crippen molar-refractivity contribution in [3.05, 3.63) is 35.4 Å². The first-order chi connectivity index (χ1) is 8.79. The van der Waals surface area contributed by atoms with Gasteiger partial charge in [-0.25, -0.2) is 5.84 Å². The van der Waals surface area contributed by atoms with Crippen LogP contribution in [-0.4, -0.2) is 37.0 Å². The number of benzene rings is 1. The zero-order chi connectivity index (χ0) is 12.8. The maximum Gasteiger partial charge on any atom is 0.238 e. The predicted octanol–water partition coefficient (Wildman–Crippen LogP) is -0.376. The van der Waals surface area contributed by atoms with E-state index in [0.717, 1.165) is 38.3 Å². The molecule has 0 saturated carbocycles. The monoisotopic (exact) mass is 248 g/mol. The van der Waals surface area contributed by atoms with E-state index in [1.54, 1.807) is 0 Å². The Morgan fingerprint density at radius 2 is 1.94 bits per heavy atom. The highest BCUT2D eigenvalue weighted by molar-refractivity contribution is 5.78. The molecule has 2 rings (SSSR count). The number of carbonyl (C=O) groups excluding carboxylic acids is 1. The molecule has 0 aromatic heterocycles. The second-order valence-electron chi connectivity index (χ2n) is 4.54. The van der Waals surface area contributed by atoms with Crippen LogP contribution in [0, 0.1) is 0 Å². The molecule has 1 saturated heterocycles. The van der Waals surface area contributed by atoms with E-state index in [4.69, 9.17) is 5.84 Å². The smallest absolute Gasteiger partial charge is 0.238 e. The zero-order valence-corrected chi connectivity index (χ0v) is 10.5. The van der Waals surface area contributed by atoms with E-state index >= 15 is 0 Å². The Balaban J connectivity index is 2.04. The summed E-state index contributed by atoms with van der Waals surface area (Å²) in [5, 5.41) is 3.33. The van der Waals surface area contributed by atoms with Gasteiger partial charge in [0.25, 0.3) is 0 Å². The first-order valence-electron chi connectivity index (χ1n) is 6.29. The van der Waals surface area contributed by atoms with Crippen molar-refractivity contribution < 1.29 is 4.79 Å². The first kappa shape index (κ1) is 13.0. The van der Waals surface area contributed by atoms with Gasteiger partial charge >= 0.3 is 0 Å². The molecule has 18 heavy (non-hydrogen) atoms. The Morgan fingerprint density at radius 3 is 2.61 bits per heavy atom. The number of nitrogens with zero attached hydrogens (tertiary/aromatic N) is 1. The lowest BCUT2D eigenvalue weighted by Crippen LogP contribution is -2.43. The van der Waals surface area contributed by atoms with Crippen molar-refractivity contribution in [2.75, 3.05) is 26.2 Å². The van der Waals surface area contributed by atoms with E-state index < -0.39 is 0 Å². The molecule has 5 nitrogen and oxygen atoms in total. The Bertz CT molecular complexity index is 402. The fraction of sp³-hybridized carbons (Fsp3) is 0.462. The van der Waals surface area contributed by atoms with Crippen LogP contribution >= 0.6 is 0 Å². The molecule has 1 aliphatic rings. The fourth-order valence-corrected chi connectivity index (χ4v) is 2.22. The van der Waals surface area contributed by atoms with Crippen LogP contribution in [-0.2, 0) is 17.8 Å². The number of hydrogen-bond donors (Lipinski definition) is 3. The van der Waals surface area contributed by atoms with Crippen molar-refractivity contribution in [1.82, 2.24) is 15.6 Å². The molecule has 0 bridgehead atoms. The average molecular weight is 248 g/mol. The van der Waals surface area contributed by atoms with Gasteiger partial charge in [0.05, 0.1) is 6.42 Å². The summed E-state index contributed by atoms with van der Waals surface area (Å²) in [6, 6.07) is 8.05. The third kappa shape index (κ3) is 3.53. The highest BCUT2D eigenvalue weighted by Crippen LogP contribution is 2.13. The minimum absolute atomic E-state index is 0.150. The van der Waals surface area contributed by atoms with Crippen LogP contribution in [0.4, 0.5) is 0 Å². The Morgan fingerprint density at radius 1 is 1.28 bits per heavy atom. The second kappa shape index (κ2) is 6.49. The lowest BCUT2D eigenvalue weighted by Gasteiger charge is -2.27. The standard InChI is InChI=1S/C13H20N4O/c14-16-13(18)9-11-3-1-2-4-12(11)10-17-7-5-15-6-8-17/h1-4,15H,5-10,14H2,(H,16,18). The van der Waals surface area contributed by atoms with Crippen LogP contribution in [0.25, 0.3) is 0 Å². The number of hydrazine groups is 1. The Hall–Kier alpha value is -1.43. The van der Waals surface area contributed by atoms with Crippen LogP contribution < -0.4 is 16.6 Å². The van der Waals surface area contributed by atoms with Gasteiger partial charge in [0, 0.05) is 32.7 Å². The summed E-state index contributed by atoms with van der Waals surface area (Å²) >= 11 is 0. The normalized spacial score (nSPS) is 16.5. The average Bonchev–Trinajstić information content (AvgIpc) is 2.42. The summed E-state index contributed by atoms with van der Waals surface area (Å²) in [5.41, 5.74) is 4.45. The van der Waals surface area contributed by atoms with E-state index in [1.807, 2.05) is 18.2 Å². The van der Waals surface area contributed by atoms with Gasteiger partial charge in [-0.15, -0.1) is 0 Å². The minimum Gasteiger partial charge on any atom is -0.314 e. The fourth-order valence-electron chi connectivity index (χ4n) is 2.22. The van der Waals surface area contributed by atoms with Gasteiger partial charge in [-0.2, -0.15) is 0 Å². The Kier molecular flexibility index (Phi) is 4.69. The number of piperazine rings is 1.